The Morgan fingerprint density at radius 3 is 3.06 bits per heavy atom. The van der Waals surface area contributed by atoms with E-state index >= 15 is 0 Å². The van der Waals surface area contributed by atoms with Crippen molar-refractivity contribution < 1.29 is 19.2 Å². The molecule has 0 aliphatic heterocycles. The fourth-order valence-corrected chi connectivity index (χ4v) is 1.68. The highest BCUT2D eigenvalue weighted by Crippen LogP contribution is 2.40. The highest BCUT2D eigenvalue weighted by molar-refractivity contribution is 5.92. The molecule has 18 heavy (non-hydrogen) atoms. The predicted molar refractivity (Wildman–Crippen MR) is 63.3 cm³/mol. The van der Waals surface area contributed by atoms with Crippen LogP contribution in [-0.4, -0.2) is 42.0 Å². The first-order valence-corrected chi connectivity index (χ1v) is 5.98. The normalized spacial score (nSPS) is 18.4. The molecule has 0 spiro atoms. The van der Waals surface area contributed by atoms with Crippen LogP contribution in [0, 0.1) is 0 Å². The second-order valence-corrected chi connectivity index (χ2v) is 5.00. The number of carbonyl (C=O) groups is 1. The first-order chi connectivity index (χ1) is 8.52. The molecule has 100 valence electrons. The number of carbonyl (C=O) groups excluding carboxylic acids is 1. The Morgan fingerprint density at radius 2 is 2.44 bits per heavy atom. The van der Waals surface area contributed by atoms with Gasteiger partial charge in [-0.3, -0.25) is 4.79 Å². The van der Waals surface area contributed by atoms with Crippen LogP contribution in [0.25, 0.3) is 0 Å². The van der Waals surface area contributed by atoms with Crippen molar-refractivity contribution in [2.45, 2.75) is 31.3 Å². The van der Waals surface area contributed by atoms with E-state index in [4.69, 9.17) is 9.26 Å². The van der Waals surface area contributed by atoms with Crippen LogP contribution in [0.15, 0.2) is 10.6 Å². The summed E-state index contributed by atoms with van der Waals surface area (Å²) < 4.78 is 9.94. The lowest BCUT2D eigenvalue weighted by Crippen LogP contribution is -2.43. The Balaban J connectivity index is 1.86. The van der Waals surface area contributed by atoms with Crippen LogP contribution < -0.4 is 5.32 Å². The number of hydrogen-bond donors (Lipinski definition) is 2. The first kappa shape index (κ1) is 13.0. The molecule has 6 heteroatoms. The fourth-order valence-electron chi connectivity index (χ4n) is 1.68. The molecule has 2 rings (SSSR count). The Bertz CT molecular complexity index is 423. The summed E-state index contributed by atoms with van der Waals surface area (Å²) in [4.78, 5) is 11.8. The van der Waals surface area contributed by atoms with Crippen molar-refractivity contribution in [3.8, 4) is 0 Å². The number of methoxy groups -OCH3 is 1. The molecule has 1 atom stereocenters. The van der Waals surface area contributed by atoms with Crippen LogP contribution in [-0.2, 0) is 4.74 Å². The first-order valence-electron chi connectivity index (χ1n) is 5.98. The lowest BCUT2D eigenvalue weighted by atomic mass is 10.1. The van der Waals surface area contributed by atoms with Gasteiger partial charge in [-0.2, -0.15) is 0 Å². The minimum absolute atomic E-state index is 0.102. The van der Waals surface area contributed by atoms with Crippen LogP contribution >= 0.6 is 0 Å². The number of aromatic nitrogens is 1. The molecule has 0 bridgehead atoms. The van der Waals surface area contributed by atoms with E-state index in [1.165, 1.54) is 7.11 Å². The lowest BCUT2D eigenvalue weighted by molar-refractivity contribution is -0.0147. The zero-order valence-corrected chi connectivity index (χ0v) is 10.6. The number of amides is 1. The predicted octanol–water partition coefficient (Wildman–Crippen LogP) is 0.679. The van der Waals surface area contributed by atoms with Gasteiger partial charge in [0, 0.05) is 25.6 Å². The maximum Gasteiger partial charge on any atom is 0.273 e. The monoisotopic (exact) mass is 254 g/mol. The molecule has 1 aromatic rings. The molecular formula is C12H18N2O4. The van der Waals surface area contributed by atoms with Crippen molar-refractivity contribution in [1.82, 2.24) is 10.5 Å². The second-order valence-electron chi connectivity index (χ2n) is 5.00. The van der Waals surface area contributed by atoms with Crippen LogP contribution in [0.5, 0.6) is 0 Å². The average molecular weight is 254 g/mol. The molecule has 1 amide bonds. The standard InChI is InChI=1S/C12H18N2O4/c1-12(16,7-17-2)6-13-11(15)9-5-10(18-14-9)8-3-4-8/h5,8,16H,3-4,6-7H2,1-2H3,(H,13,15)/t12-/m0/s1. The molecule has 1 heterocycles. The third-order valence-corrected chi connectivity index (χ3v) is 2.83. The zero-order valence-electron chi connectivity index (χ0n) is 10.6. The smallest absolute Gasteiger partial charge is 0.273 e. The quantitative estimate of drug-likeness (QED) is 0.779. The summed E-state index contributed by atoms with van der Waals surface area (Å²) in [7, 11) is 1.50. The van der Waals surface area contributed by atoms with Crippen molar-refractivity contribution >= 4 is 5.91 Å². The van der Waals surface area contributed by atoms with E-state index in [2.05, 4.69) is 10.5 Å². The molecular weight excluding hydrogens is 236 g/mol. The maximum absolute atomic E-state index is 11.8. The summed E-state index contributed by atoms with van der Waals surface area (Å²) in [6.45, 7) is 1.85. The number of nitrogens with one attached hydrogen (secondary N) is 1. The van der Waals surface area contributed by atoms with Crippen molar-refractivity contribution in [3.63, 3.8) is 0 Å². The summed E-state index contributed by atoms with van der Waals surface area (Å²) in [5.74, 6) is 0.849. The van der Waals surface area contributed by atoms with E-state index in [0.29, 0.717) is 5.92 Å². The van der Waals surface area contributed by atoms with Crippen molar-refractivity contribution in [3.05, 3.63) is 17.5 Å². The molecule has 2 N–H and O–H groups in total. The van der Waals surface area contributed by atoms with Gasteiger partial charge in [-0.15, -0.1) is 0 Å². The number of ether oxygens (including phenoxy) is 1. The molecule has 1 aromatic heterocycles. The van der Waals surface area contributed by atoms with Gasteiger partial charge in [0.25, 0.3) is 5.91 Å². The topological polar surface area (TPSA) is 84.6 Å². The van der Waals surface area contributed by atoms with Gasteiger partial charge in [0.05, 0.1) is 6.61 Å². The second kappa shape index (κ2) is 5.07. The van der Waals surface area contributed by atoms with Crippen LogP contribution in [0.1, 0.15) is 41.9 Å². The number of hydrogen-bond acceptors (Lipinski definition) is 5. The van der Waals surface area contributed by atoms with E-state index in [1.807, 2.05) is 0 Å². The van der Waals surface area contributed by atoms with Crippen LogP contribution in [0.2, 0.25) is 0 Å². The number of nitrogens with zero attached hydrogens (tertiary/aromatic N) is 1. The van der Waals surface area contributed by atoms with E-state index in [-0.39, 0.29) is 24.8 Å². The molecule has 0 aromatic carbocycles. The molecule has 1 aliphatic rings. The lowest BCUT2D eigenvalue weighted by Gasteiger charge is -2.22. The summed E-state index contributed by atoms with van der Waals surface area (Å²) >= 11 is 0. The number of rotatable bonds is 6. The average Bonchev–Trinajstić information content (AvgIpc) is 3.04. The third kappa shape index (κ3) is 3.30. The Kier molecular flexibility index (Phi) is 3.68. The Hall–Kier alpha value is -1.40. The highest BCUT2D eigenvalue weighted by atomic mass is 16.5. The van der Waals surface area contributed by atoms with Gasteiger partial charge in [-0.1, -0.05) is 5.16 Å². The van der Waals surface area contributed by atoms with Gasteiger partial charge >= 0.3 is 0 Å². The molecule has 1 fully saturated rings. The van der Waals surface area contributed by atoms with Crippen molar-refractivity contribution in [1.29, 1.82) is 0 Å². The van der Waals surface area contributed by atoms with Gasteiger partial charge < -0.3 is 19.7 Å². The van der Waals surface area contributed by atoms with Gasteiger partial charge in [-0.05, 0) is 19.8 Å². The summed E-state index contributed by atoms with van der Waals surface area (Å²) in [5, 5.41) is 16.2. The summed E-state index contributed by atoms with van der Waals surface area (Å²) in [6, 6.07) is 1.66. The largest absolute Gasteiger partial charge is 0.386 e. The Morgan fingerprint density at radius 1 is 1.72 bits per heavy atom. The Labute approximate surface area is 105 Å². The zero-order chi connectivity index (χ0) is 13.2. The molecule has 0 unspecified atom stereocenters. The molecule has 0 saturated heterocycles. The molecule has 1 aliphatic carbocycles. The van der Waals surface area contributed by atoms with E-state index in [0.717, 1.165) is 18.6 Å². The highest BCUT2D eigenvalue weighted by Gasteiger charge is 2.29. The van der Waals surface area contributed by atoms with Gasteiger partial charge in [0.2, 0.25) is 0 Å². The minimum atomic E-state index is -1.09. The third-order valence-electron chi connectivity index (χ3n) is 2.83. The van der Waals surface area contributed by atoms with Gasteiger partial charge in [0.15, 0.2) is 5.69 Å². The SMILES string of the molecule is COC[C@@](C)(O)CNC(=O)c1cc(C2CC2)on1. The fraction of sp³-hybridized carbons (Fsp3) is 0.667. The van der Waals surface area contributed by atoms with E-state index in [1.54, 1.807) is 13.0 Å². The van der Waals surface area contributed by atoms with Crippen molar-refractivity contribution in [2.24, 2.45) is 0 Å². The van der Waals surface area contributed by atoms with Crippen LogP contribution in [0.3, 0.4) is 0 Å². The molecule has 0 radical (unpaired) electrons. The molecule has 6 nitrogen and oxygen atoms in total. The minimum Gasteiger partial charge on any atom is -0.386 e. The van der Waals surface area contributed by atoms with E-state index < -0.39 is 5.60 Å². The van der Waals surface area contributed by atoms with E-state index in [9.17, 15) is 9.90 Å². The number of aliphatic hydroxyl groups is 1. The summed E-state index contributed by atoms with van der Waals surface area (Å²) in [5.41, 5.74) is -0.835. The molecule has 1 saturated carbocycles. The summed E-state index contributed by atoms with van der Waals surface area (Å²) in [6.07, 6.45) is 2.19. The van der Waals surface area contributed by atoms with Gasteiger partial charge in [-0.25, -0.2) is 0 Å². The van der Waals surface area contributed by atoms with Crippen LogP contribution in [0.4, 0.5) is 0 Å². The maximum atomic E-state index is 11.8. The van der Waals surface area contributed by atoms with Gasteiger partial charge in [0.1, 0.15) is 11.4 Å². The van der Waals surface area contributed by atoms with Crippen molar-refractivity contribution in [2.75, 3.05) is 20.3 Å².